The van der Waals surface area contributed by atoms with Gasteiger partial charge in [0.15, 0.2) is 0 Å². The van der Waals surface area contributed by atoms with Gasteiger partial charge >= 0.3 is 0 Å². The van der Waals surface area contributed by atoms with E-state index in [9.17, 15) is 4.79 Å². The molecule has 3 nitrogen and oxygen atoms in total. The van der Waals surface area contributed by atoms with Crippen molar-refractivity contribution in [2.75, 3.05) is 7.11 Å². The van der Waals surface area contributed by atoms with Crippen molar-refractivity contribution in [3.8, 4) is 5.75 Å². The van der Waals surface area contributed by atoms with E-state index in [-0.39, 0.29) is 0 Å². The topological polar surface area (TPSA) is 38.7 Å². The molecule has 2 rings (SSSR count). The van der Waals surface area contributed by atoms with Crippen LogP contribution in [-0.4, -0.2) is 13.2 Å². The number of rotatable bonds is 3. The lowest BCUT2D eigenvalue weighted by Crippen LogP contribution is -2.32. The Bertz CT molecular complexity index is 488. The van der Waals surface area contributed by atoms with Gasteiger partial charge in [0, 0.05) is 10.6 Å². The summed E-state index contributed by atoms with van der Waals surface area (Å²) in [5, 5.41) is 0.674. The number of halogens is 1. The van der Waals surface area contributed by atoms with Crippen LogP contribution in [0.4, 0.5) is 0 Å². The van der Waals surface area contributed by atoms with Crippen LogP contribution in [0.2, 0.25) is 5.02 Å². The average molecular weight is 252 g/mol. The van der Waals surface area contributed by atoms with Gasteiger partial charge in [0.05, 0.1) is 7.11 Å². The van der Waals surface area contributed by atoms with Gasteiger partial charge in [-0.3, -0.25) is 0 Å². The highest BCUT2D eigenvalue weighted by Gasteiger charge is 2.41. The lowest BCUT2D eigenvalue weighted by atomic mass is 9.72. The third kappa shape index (κ3) is 1.97. The Morgan fingerprint density at radius 3 is 2.65 bits per heavy atom. The largest absolute Gasteiger partial charge is 0.496 e. The molecule has 0 spiro atoms. The summed E-state index contributed by atoms with van der Waals surface area (Å²) >= 11 is 6.13. The molecule has 17 heavy (non-hydrogen) atoms. The monoisotopic (exact) mass is 251 g/mol. The minimum absolute atomic E-state index is 0.468. The minimum atomic E-state index is -0.468. The van der Waals surface area contributed by atoms with E-state index >= 15 is 0 Å². The van der Waals surface area contributed by atoms with Crippen molar-refractivity contribution in [2.45, 2.75) is 31.7 Å². The highest BCUT2D eigenvalue weighted by Crippen LogP contribution is 2.49. The van der Waals surface area contributed by atoms with Crippen LogP contribution in [0, 0.1) is 6.92 Å². The third-order valence-electron chi connectivity index (χ3n) is 3.42. The van der Waals surface area contributed by atoms with Crippen LogP contribution >= 0.6 is 11.6 Å². The van der Waals surface area contributed by atoms with Crippen molar-refractivity contribution >= 4 is 17.7 Å². The first-order chi connectivity index (χ1) is 8.13. The second kappa shape index (κ2) is 4.52. The molecule has 0 heterocycles. The van der Waals surface area contributed by atoms with Gasteiger partial charge in [0.1, 0.15) is 11.3 Å². The number of hydrogen-bond acceptors (Lipinski definition) is 3. The number of isocyanates is 1. The Hall–Kier alpha value is -1.31. The molecule has 0 radical (unpaired) electrons. The van der Waals surface area contributed by atoms with E-state index in [1.165, 1.54) is 0 Å². The fourth-order valence-corrected chi connectivity index (χ4v) is 2.39. The first-order valence-electron chi connectivity index (χ1n) is 5.56. The number of benzene rings is 1. The van der Waals surface area contributed by atoms with Gasteiger partial charge in [0.2, 0.25) is 6.08 Å². The molecule has 0 aliphatic heterocycles. The number of nitrogens with zero attached hydrogens (tertiary/aromatic N) is 1. The molecule has 0 bridgehead atoms. The molecule has 0 unspecified atom stereocenters. The molecule has 1 fully saturated rings. The van der Waals surface area contributed by atoms with Crippen LogP contribution in [-0.2, 0) is 10.3 Å². The number of aliphatic imine (C=N–C) groups is 1. The quantitative estimate of drug-likeness (QED) is 0.610. The summed E-state index contributed by atoms with van der Waals surface area (Å²) in [6, 6.07) is 3.74. The van der Waals surface area contributed by atoms with Crippen molar-refractivity contribution in [1.29, 1.82) is 0 Å². The van der Waals surface area contributed by atoms with E-state index in [1.807, 2.05) is 19.1 Å². The molecular formula is C13H14ClNO2. The summed E-state index contributed by atoms with van der Waals surface area (Å²) < 4.78 is 5.36. The normalized spacial score (nSPS) is 16.9. The van der Waals surface area contributed by atoms with Gasteiger partial charge in [-0.2, -0.15) is 4.99 Å². The molecule has 90 valence electrons. The van der Waals surface area contributed by atoms with Crippen LogP contribution < -0.4 is 4.74 Å². The molecule has 1 aromatic carbocycles. The predicted octanol–water partition coefficient (Wildman–Crippen LogP) is 3.37. The summed E-state index contributed by atoms with van der Waals surface area (Å²) in [4.78, 5) is 14.5. The van der Waals surface area contributed by atoms with E-state index in [0.717, 1.165) is 36.1 Å². The molecule has 1 aliphatic rings. The van der Waals surface area contributed by atoms with Crippen LogP contribution in [0.1, 0.15) is 30.4 Å². The van der Waals surface area contributed by atoms with E-state index in [0.29, 0.717) is 5.02 Å². The van der Waals surface area contributed by atoms with Crippen molar-refractivity contribution in [1.82, 2.24) is 0 Å². The maximum absolute atomic E-state index is 10.6. The van der Waals surface area contributed by atoms with Gasteiger partial charge in [-0.1, -0.05) is 11.6 Å². The zero-order valence-electron chi connectivity index (χ0n) is 9.92. The molecular weight excluding hydrogens is 238 g/mol. The predicted molar refractivity (Wildman–Crippen MR) is 66.4 cm³/mol. The number of ether oxygens (including phenoxy) is 1. The Kier molecular flexibility index (Phi) is 3.23. The second-order valence-electron chi connectivity index (χ2n) is 4.39. The lowest BCUT2D eigenvalue weighted by molar-refractivity contribution is 0.246. The van der Waals surface area contributed by atoms with E-state index in [1.54, 1.807) is 13.2 Å². The molecule has 0 aromatic heterocycles. The van der Waals surface area contributed by atoms with Crippen molar-refractivity contribution < 1.29 is 9.53 Å². The van der Waals surface area contributed by atoms with E-state index in [2.05, 4.69) is 4.99 Å². The highest BCUT2D eigenvalue weighted by molar-refractivity contribution is 6.31. The van der Waals surface area contributed by atoms with Gasteiger partial charge in [-0.15, -0.1) is 0 Å². The summed E-state index contributed by atoms with van der Waals surface area (Å²) in [6.45, 7) is 1.92. The second-order valence-corrected chi connectivity index (χ2v) is 4.80. The molecule has 0 amide bonds. The van der Waals surface area contributed by atoms with E-state index < -0.39 is 5.54 Å². The molecule has 4 heteroatoms. The fraction of sp³-hybridized carbons (Fsp3) is 0.462. The van der Waals surface area contributed by atoms with Crippen LogP contribution in [0.3, 0.4) is 0 Å². The van der Waals surface area contributed by atoms with E-state index in [4.69, 9.17) is 16.3 Å². The standard InChI is InChI=1S/C13H14ClNO2/c1-9-6-12(17-2)10(7-11(9)14)13(15-8-16)4-3-5-13/h6-7H,3-5H2,1-2H3. The summed E-state index contributed by atoms with van der Waals surface area (Å²) in [5.74, 6) is 0.741. The number of carbonyl (C=O) groups excluding carboxylic acids is 1. The van der Waals surface area contributed by atoms with Crippen molar-refractivity contribution in [2.24, 2.45) is 4.99 Å². The Balaban J connectivity index is 2.57. The Morgan fingerprint density at radius 2 is 2.18 bits per heavy atom. The zero-order valence-corrected chi connectivity index (χ0v) is 10.7. The third-order valence-corrected chi connectivity index (χ3v) is 3.83. The van der Waals surface area contributed by atoms with Crippen LogP contribution in [0.15, 0.2) is 17.1 Å². The zero-order chi connectivity index (χ0) is 12.5. The first-order valence-corrected chi connectivity index (χ1v) is 5.94. The summed E-state index contributed by atoms with van der Waals surface area (Å²) in [5.41, 5.74) is 1.38. The number of methoxy groups -OCH3 is 1. The van der Waals surface area contributed by atoms with Gasteiger partial charge in [-0.05, 0) is 43.9 Å². The first kappa shape index (κ1) is 12.2. The molecule has 1 saturated carbocycles. The van der Waals surface area contributed by atoms with Gasteiger partial charge < -0.3 is 4.74 Å². The van der Waals surface area contributed by atoms with Crippen molar-refractivity contribution in [3.63, 3.8) is 0 Å². The van der Waals surface area contributed by atoms with Crippen LogP contribution in [0.5, 0.6) is 5.75 Å². The molecule has 0 N–H and O–H groups in total. The Morgan fingerprint density at radius 1 is 1.47 bits per heavy atom. The summed E-state index contributed by atoms with van der Waals surface area (Å²) in [7, 11) is 1.61. The number of aryl methyl sites for hydroxylation is 1. The molecule has 1 aromatic rings. The maximum atomic E-state index is 10.6. The van der Waals surface area contributed by atoms with Crippen LogP contribution in [0.25, 0.3) is 0 Å². The maximum Gasteiger partial charge on any atom is 0.235 e. The molecule has 1 aliphatic carbocycles. The van der Waals surface area contributed by atoms with Gasteiger partial charge in [0.25, 0.3) is 0 Å². The SMILES string of the molecule is COc1cc(C)c(Cl)cc1C1(N=C=O)CCC1. The Labute approximate surface area is 105 Å². The fourth-order valence-electron chi connectivity index (χ4n) is 2.23. The van der Waals surface area contributed by atoms with Gasteiger partial charge in [-0.25, -0.2) is 4.79 Å². The molecule has 0 saturated heterocycles. The lowest BCUT2D eigenvalue weighted by Gasteiger charge is -2.38. The van der Waals surface area contributed by atoms with Crippen molar-refractivity contribution in [3.05, 3.63) is 28.3 Å². The molecule has 0 atom stereocenters. The average Bonchev–Trinajstić information content (AvgIpc) is 2.27. The minimum Gasteiger partial charge on any atom is -0.496 e. The number of hydrogen-bond donors (Lipinski definition) is 0. The summed E-state index contributed by atoms with van der Waals surface area (Å²) in [6.07, 6.45) is 4.42. The highest BCUT2D eigenvalue weighted by atomic mass is 35.5. The smallest absolute Gasteiger partial charge is 0.235 e.